The van der Waals surface area contributed by atoms with E-state index in [1.165, 1.54) is 30.2 Å². The van der Waals surface area contributed by atoms with Crippen LogP contribution in [0.5, 0.6) is 0 Å². The summed E-state index contributed by atoms with van der Waals surface area (Å²) in [4.78, 5) is 15.7. The Morgan fingerprint density at radius 2 is 1.87 bits per heavy atom. The molecule has 1 unspecified atom stereocenters. The summed E-state index contributed by atoms with van der Waals surface area (Å²) in [6, 6.07) is 5.77. The molecule has 2 heterocycles. The van der Waals surface area contributed by atoms with Crippen LogP contribution in [0.15, 0.2) is 30.3 Å². The minimum atomic E-state index is -3.08. The van der Waals surface area contributed by atoms with Crippen LogP contribution in [-0.2, 0) is 17.6 Å². The van der Waals surface area contributed by atoms with E-state index in [0.29, 0.717) is 48.1 Å². The molecule has 9 heteroatoms. The standard InChI is InChI=1S/C29H35F5N2O2/c1-18-11-22-15-21(28(37)38-3)5-6-23(22)27(36(18)17-29(2,33)34)26-24(31)13-20(14-25(26)32)12-19-7-10-35(16-19)9-4-8-30/h5-6,13-15,18-19,27H,4,7-12,16-17H2,1-3H3/t18-,19?,27+/m1/s1. The Bertz CT molecular complexity index is 1130. The van der Waals surface area contributed by atoms with Crippen LogP contribution in [0.1, 0.15) is 65.3 Å². The molecule has 0 bridgehead atoms. The van der Waals surface area contributed by atoms with Gasteiger partial charge < -0.3 is 9.64 Å². The van der Waals surface area contributed by atoms with Crippen LogP contribution in [0, 0.1) is 17.6 Å². The molecule has 0 aliphatic carbocycles. The Labute approximate surface area is 220 Å². The van der Waals surface area contributed by atoms with Crippen LogP contribution in [-0.4, -0.2) is 67.7 Å². The first-order chi connectivity index (χ1) is 18.0. The number of methoxy groups -OCH3 is 1. The molecule has 0 aromatic heterocycles. The van der Waals surface area contributed by atoms with Crippen molar-refractivity contribution >= 4 is 5.97 Å². The van der Waals surface area contributed by atoms with E-state index in [1.807, 2.05) is 0 Å². The van der Waals surface area contributed by atoms with Crippen LogP contribution in [0.25, 0.3) is 0 Å². The van der Waals surface area contributed by atoms with Gasteiger partial charge in [0, 0.05) is 31.6 Å². The second-order valence-corrected chi connectivity index (χ2v) is 10.8. The lowest BCUT2D eigenvalue weighted by Gasteiger charge is -2.43. The van der Waals surface area contributed by atoms with Gasteiger partial charge in [0.05, 0.1) is 31.9 Å². The summed E-state index contributed by atoms with van der Waals surface area (Å²) in [5.74, 6) is -4.98. The third kappa shape index (κ3) is 6.37. The van der Waals surface area contributed by atoms with Crippen LogP contribution in [0.4, 0.5) is 22.0 Å². The predicted octanol–water partition coefficient (Wildman–Crippen LogP) is 5.97. The Kier molecular flexibility index (Phi) is 8.77. The van der Waals surface area contributed by atoms with Crippen LogP contribution in [0.2, 0.25) is 0 Å². The summed E-state index contributed by atoms with van der Waals surface area (Å²) in [7, 11) is 1.26. The van der Waals surface area contributed by atoms with E-state index in [1.54, 1.807) is 19.1 Å². The van der Waals surface area contributed by atoms with E-state index in [0.717, 1.165) is 26.4 Å². The maximum absolute atomic E-state index is 15.7. The molecule has 38 heavy (non-hydrogen) atoms. The molecule has 2 aliphatic heterocycles. The first kappa shape index (κ1) is 28.5. The summed E-state index contributed by atoms with van der Waals surface area (Å²) < 4.78 is 77.2. The van der Waals surface area contributed by atoms with Gasteiger partial charge in [-0.3, -0.25) is 9.29 Å². The Morgan fingerprint density at radius 1 is 1.16 bits per heavy atom. The molecule has 2 aliphatic rings. The molecule has 3 atom stereocenters. The van der Waals surface area contributed by atoms with E-state index >= 15 is 8.78 Å². The average molecular weight is 539 g/mol. The first-order valence-corrected chi connectivity index (χ1v) is 13.1. The van der Waals surface area contributed by atoms with E-state index < -0.39 is 42.2 Å². The number of carbonyl (C=O) groups excluding carboxylic acids is 1. The van der Waals surface area contributed by atoms with Gasteiger partial charge in [-0.2, -0.15) is 0 Å². The van der Waals surface area contributed by atoms with Crippen LogP contribution in [0.3, 0.4) is 0 Å². The van der Waals surface area contributed by atoms with Crippen molar-refractivity contribution < 1.29 is 31.5 Å². The molecular weight excluding hydrogens is 503 g/mol. The van der Waals surface area contributed by atoms with Gasteiger partial charge in [-0.25, -0.2) is 22.4 Å². The molecular formula is C29H35F5N2O2. The zero-order valence-electron chi connectivity index (χ0n) is 22.1. The van der Waals surface area contributed by atoms with Crippen molar-refractivity contribution in [3.05, 3.63) is 69.8 Å². The lowest BCUT2D eigenvalue weighted by Crippen LogP contribution is -2.48. The molecule has 208 valence electrons. The number of alkyl halides is 3. The molecule has 1 saturated heterocycles. The molecule has 2 aromatic carbocycles. The van der Waals surface area contributed by atoms with Crippen molar-refractivity contribution in [1.82, 2.24) is 9.80 Å². The maximum Gasteiger partial charge on any atom is 0.337 e. The normalized spacial score (nSPS) is 22.5. The highest BCUT2D eigenvalue weighted by atomic mass is 19.3. The fourth-order valence-corrected chi connectivity index (χ4v) is 5.97. The molecule has 1 fully saturated rings. The van der Waals surface area contributed by atoms with Crippen molar-refractivity contribution in [3.8, 4) is 0 Å². The molecule has 4 rings (SSSR count). The number of hydrogen-bond donors (Lipinski definition) is 0. The maximum atomic E-state index is 15.7. The van der Waals surface area contributed by atoms with Gasteiger partial charge in [-0.05, 0) is 86.0 Å². The summed E-state index contributed by atoms with van der Waals surface area (Å²) in [5, 5.41) is 0. The summed E-state index contributed by atoms with van der Waals surface area (Å²) in [5.41, 5.74) is 1.69. The van der Waals surface area contributed by atoms with E-state index in [9.17, 15) is 18.0 Å². The lowest BCUT2D eigenvalue weighted by atomic mass is 9.83. The van der Waals surface area contributed by atoms with Gasteiger partial charge in [-0.15, -0.1) is 0 Å². The molecule has 0 amide bonds. The van der Waals surface area contributed by atoms with Crippen molar-refractivity contribution in [3.63, 3.8) is 0 Å². The Morgan fingerprint density at radius 3 is 2.50 bits per heavy atom. The van der Waals surface area contributed by atoms with E-state index in [2.05, 4.69) is 4.90 Å². The monoisotopic (exact) mass is 538 g/mol. The smallest absolute Gasteiger partial charge is 0.337 e. The summed E-state index contributed by atoms with van der Waals surface area (Å²) in [6.07, 6.45) is 2.17. The minimum absolute atomic E-state index is 0.210. The second kappa shape index (κ2) is 11.7. The zero-order chi connectivity index (χ0) is 27.6. The average Bonchev–Trinajstić information content (AvgIpc) is 3.29. The van der Waals surface area contributed by atoms with Crippen molar-refractivity contribution in [2.45, 2.75) is 57.5 Å². The van der Waals surface area contributed by atoms with Gasteiger partial charge >= 0.3 is 5.97 Å². The molecule has 0 N–H and O–H groups in total. The number of ether oxygens (including phenoxy) is 1. The molecule has 2 aromatic rings. The highest BCUT2D eigenvalue weighted by Gasteiger charge is 2.41. The van der Waals surface area contributed by atoms with Gasteiger partial charge in [0.2, 0.25) is 0 Å². The number of carbonyl (C=O) groups is 1. The number of likely N-dealkylation sites (tertiary alicyclic amines) is 1. The highest BCUT2D eigenvalue weighted by molar-refractivity contribution is 5.89. The third-order valence-corrected chi connectivity index (χ3v) is 7.65. The number of hydrogen-bond acceptors (Lipinski definition) is 4. The number of nitrogens with zero attached hydrogens (tertiary/aromatic N) is 2. The number of halogens is 5. The van der Waals surface area contributed by atoms with Gasteiger partial charge in [-0.1, -0.05) is 6.07 Å². The topological polar surface area (TPSA) is 32.8 Å². The Balaban J connectivity index is 1.68. The van der Waals surface area contributed by atoms with Crippen molar-refractivity contribution in [2.75, 3.05) is 40.0 Å². The first-order valence-electron chi connectivity index (χ1n) is 13.1. The van der Waals surface area contributed by atoms with Gasteiger partial charge in [0.1, 0.15) is 11.6 Å². The summed E-state index contributed by atoms with van der Waals surface area (Å²) >= 11 is 0. The Hall–Kier alpha value is -2.52. The minimum Gasteiger partial charge on any atom is -0.465 e. The predicted molar refractivity (Wildman–Crippen MR) is 135 cm³/mol. The zero-order valence-corrected chi connectivity index (χ0v) is 22.1. The number of esters is 1. The fraction of sp³-hybridized carbons (Fsp3) is 0.552. The van der Waals surface area contributed by atoms with Gasteiger partial charge in [0.25, 0.3) is 5.92 Å². The lowest BCUT2D eigenvalue weighted by molar-refractivity contribution is -0.0371. The van der Waals surface area contributed by atoms with Crippen molar-refractivity contribution in [1.29, 1.82) is 0 Å². The SMILES string of the molecule is COC(=O)c1ccc2c(c1)C[C@@H](C)N(CC(C)(F)F)[C@@H]2c1c(F)cc(CC2CCN(CCCF)C2)cc1F. The number of benzene rings is 2. The van der Waals surface area contributed by atoms with Crippen LogP contribution < -0.4 is 0 Å². The largest absolute Gasteiger partial charge is 0.465 e. The molecule has 0 saturated carbocycles. The van der Waals surface area contributed by atoms with Crippen LogP contribution >= 0.6 is 0 Å². The van der Waals surface area contributed by atoms with E-state index in [4.69, 9.17) is 4.74 Å². The number of rotatable bonds is 9. The second-order valence-electron chi connectivity index (χ2n) is 10.8. The van der Waals surface area contributed by atoms with Crippen molar-refractivity contribution in [2.24, 2.45) is 5.92 Å². The fourth-order valence-electron chi connectivity index (χ4n) is 5.97. The molecule has 0 radical (unpaired) electrons. The van der Waals surface area contributed by atoms with E-state index in [-0.39, 0.29) is 18.2 Å². The molecule has 4 nitrogen and oxygen atoms in total. The molecule has 0 spiro atoms. The third-order valence-electron chi connectivity index (χ3n) is 7.65. The van der Waals surface area contributed by atoms with Gasteiger partial charge in [0.15, 0.2) is 0 Å². The number of fused-ring (bicyclic) bond motifs is 1. The quantitative estimate of drug-likeness (QED) is 0.291. The summed E-state index contributed by atoms with van der Waals surface area (Å²) in [6.45, 7) is 3.75. The highest BCUT2D eigenvalue weighted by Crippen LogP contribution is 2.42.